The number of aliphatic hydroxyl groups excluding tert-OH is 1. The van der Waals surface area contributed by atoms with Gasteiger partial charge in [0.1, 0.15) is 0 Å². The molecule has 3 unspecified atom stereocenters. The fraction of sp³-hybridized carbons (Fsp3) is 1.00. The van der Waals surface area contributed by atoms with Crippen molar-refractivity contribution in [1.82, 2.24) is 10.2 Å². The summed E-state index contributed by atoms with van der Waals surface area (Å²) < 4.78 is 0. The van der Waals surface area contributed by atoms with E-state index in [1.165, 1.54) is 51.6 Å². The van der Waals surface area contributed by atoms with Crippen molar-refractivity contribution in [3.63, 3.8) is 0 Å². The molecule has 2 rings (SSSR count). The molecule has 3 heteroatoms. The summed E-state index contributed by atoms with van der Waals surface area (Å²) >= 11 is 0. The first-order valence-corrected chi connectivity index (χ1v) is 10.0. The molecule has 0 radical (unpaired) electrons. The van der Waals surface area contributed by atoms with Gasteiger partial charge in [0.2, 0.25) is 0 Å². The van der Waals surface area contributed by atoms with Crippen molar-refractivity contribution in [2.24, 2.45) is 17.3 Å². The van der Waals surface area contributed by atoms with E-state index in [0.717, 1.165) is 25.4 Å². The van der Waals surface area contributed by atoms with Crippen molar-refractivity contribution in [3.8, 4) is 0 Å². The van der Waals surface area contributed by atoms with Crippen LogP contribution in [0, 0.1) is 17.3 Å². The number of nitrogens with one attached hydrogen (secondary N) is 1. The van der Waals surface area contributed by atoms with Crippen LogP contribution in [-0.2, 0) is 0 Å². The zero-order valence-corrected chi connectivity index (χ0v) is 16.0. The lowest BCUT2D eigenvalue weighted by Gasteiger charge is -2.40. The summed E-state index contributed by atoms with van der Waals surface area (Å²) in [6.07, 6.45) is 9.13. The Morgan fingerprint density at radius 1 is 1.09 bits per heavy atom. The Bertz CT molecular complexity index is 333. The number of hydrogen-bond acceptors (Lipinski definition) is 3. The van der Waals surface area contributed by atoms with Gasteiger partial charge in [-0.1, -0.05) is 47.0 Å². The molecule has 1 aliphatic heterocycles. The first-order chi connectivity index (χ1) is 10.9. The van der Waals surface area contributed by atoms with Crippen molar-refractivity contribution < 1.29 is 5.11 Å². The van der Waals surface area contributed by atoms with E-state index in [2.05, 4.69) is 37.9 Å². The van der Waals surface area contributed by atoms with Crippen LogP contribution in [0.25, 0.3) is 0 Å². The van der Waals surface area contributed by atoms with Gasteiger partial charge in [-0.2, -0.15) is 0 Å². The average molecular weight is 325 g/mol. The maximum Gasteiger partial charge on any atom is 0.0591 e. The number of piperidine rings is 1. The van der Waals surface area contributed by atoms with Crippen LogP contribution < -0.4 is 5.32 Å². The zero-order valence-electron chi connectivity index (χ0n) is 16.0. The average Bonchev–Trinajstić information content (AvgIpc) is 2.52. The molecule has 2 fully saturated rings. The number of nitrogens with zero attached hydrogens (tertiary/aromatic N) is 1. The smallest absolute Gasteiger partial charge is 0.0591 e. The highest BCUT2D eigenvalue weighted by Gasteiger charge is 2.31. The summed E-state index contributed by atoms with van der Waals surface area (Å²) in [7, 11) is 0. The molecule has 1 saturated heterocycles. The molecule has 0 spiro atoms. The van der Waals surface area contributed by atoms with Gasteiger partial charge in [-0.3, -0.25) is 0 Å². The first kappa shape index (κ1) is 19.2. The minimum absolute atomic E-state index is 0.000482. The second-order valence-electron chi connectivity index (χ2n) is 9.18. The van der Waals surface area contributed by atoms with E-state index < -0.39 is 0 Å². The molecule has 23 heavy (non-hydrogen) atoms. The monoisotopic (exact) mass is 324 g/mol. The lowest BCUT2D eigenvalue weighted by Crippen LogP contribution is -2.51. The van der Waals surface area contributed by atoms with E-state index in [-0.39, 0.29) is 11.5 Å². The Morgan fingerprint density at radius 3 is 2.39 bits per heavy atom. The molecule has 1 heterocycles. The van der Waals surface area contributed by atoms with Crippen LogP contribution in [0.15, 0.2) is 0 Å². The lowest BCUT2D eigenvalue weighted by molar-refractivity contribution is 0.0224. The van der Waals surface area contributed by atoms with Gasteiger partial charge in [-0.05, 0) is 56.0 Å². The van der Waals surface area contributed by atoms with Crippen LogP contribution in [0.4, 0.5) is 0 Å². The fourth-order valence-corrected chi connectivity index (χ4v) is 4.27. The molecular weight excluding hydrogens is 284 g/mol. The third-order valence-electron chi connectivity index (χ3n) is 6.04. The summed E-state index contributed by atoms with van der Waals surface area (Å²) in [5.41, 5.74) is -0.000482. The van der Waals surface area contributed by atoms with Crippen LogP contribution in [-0.4, -0.2) is 48.3 Å². The maximum atomic E-state index is 10.5. The Balaban J connectivity index is 1.82. The zero-order chi connectivity index (χ0) is 16.9. The second kappa shape index (κ2) is 8.82. The topological polar surface area (TPSA) is 35.5 Å². The van der Waals surface area contributed by atoms with Crippen molar-refractivity contribution in [1.29, 1.82) is 0 Å². The highest BCUT2D eigenvalue weighted by molar-refractivity contribution is 4.87. The van der Waals surface area contributed by atoms with Gasteiger partial charge in [0.25, 0.3) is 0 Å². The number of likely N-dealkylation sites (N-methyl/N-ethyl adjacent to an activating group) is 1. The SMILES string of the molecule is CCN1CC(CC(O)C(C)(C)C)CC(NCC2CCCCC2)C1. The van der Waals surface area contributed by atoms with Crippen LogP contribution >= 0.6 is 0 Å². The largest absolute Gasteiger partial charge is 0.393 e. The quantitative estimate of drug-likeness (QED) is 0.782. The van der Waals surface area contributed by atoms with Crippen molar-refractivity contribution in [2.75, 3.05) is 26.2 Å². The number of likely N-dealkylation sites (tertiary alicyclic amines) is 1. The highest BCUT2D eigenvalue weighted by atomic mass is 16.3. The normalized spacial score (nSPS) is 29.6. The van der Waals surface area contributed by atoms with Crippen LogP contribution in [0.5, 0.6) is 0 Å². The fourth-order valence-electron chi connectivity index (χ4n) is 4.27. The molecule has 0 aromatic carbocycles. The van der Waals surface area contributed by atoms with Gasteiger partial charge in [0.05, 0.1) is 6.10 Å². The summed E-state index contributed by atoms with van der Waals surface area (Å²) in [5.74, 6) is 1.53. The molecular formula is C20H40N2O. The molecule has 2 N–H and O–H groups in total. The molecule has 1 saturated carbocycles. The minimum Gasteiger partial charge on any atom is -0.393 e. The molecule has 136 valence electrons. The second-order valence-corrected chi connectivity index (χ2v) is 9.18. The van der Waals surface area contributed by atoms with E-state index in [1.807, 2.05) is 0 Å². The van der Waals surface area contributed by atoms with Gasteiger partial charge in [-0.25, -0.2) is 0 Å². The van der Waals surface area contributed by atoms with E-state index in [4.69, 9.17) is 0 Å². The summed E-state index contributed by atoms with van der Waals surface area (Å²) in [6.45, 7) is 13.4. The van der Waals surface area contributed by atoms with Gasteiger partial charge < -0.3 is 15.3 Å². The first-order valence-electron chi connectivity index (χ1n) is 10.0. The van der Waals surface area contributed by atoms with E-state index >= 15 is 0 Å². The molecule has 3 nitrogen and oxygen atoms in total. The third-order valence-corrected chi connectivity index (χ3v) is 6.04. The Morgan fingerprint density at radius 2 is 1.78 bits per heavy atom. The van der Waals surface area contributed by atoms with Crippen LogP contribution in [0.1, 0.15) is 72.6 Å². The number of rotatable bonds is 6. The van der Waals surface area contributed by atoms with E-state index in [0.29, 0.717) is 12.0 Å². The molecule has 1 aliphatic carbocycles. The molecule has 3 atom stereocenters. The Hall–Kier alpha value is -0.120. The standard InChI is InChI=1S/C20H40N2O/c1-5-22-14-17(12-19(23)20(2,3)4)11-18(15-22)21-13-16-9-7-6-8-10-16/h16-19,21,23H,5-15H2,1-4H3. The summed E-state index contributed by atoms with van der Waals surface area (Å²) in [5, 5.41) is 14.4. The molecule has 0 aromatic rings. The molecule has 2 aliphatic rings. The Kier molecular flexibility index (Phi) is 7.37. The minimum atomic E-state index is -0.191. The van der Waals surface area contributed by atoms with Crippen molar-refractivity contribution in [3.05, 3.63) is 0 Å². The molecule has 0 bridgehead atoms. The van der Waals surface area contributed by atoms with Gasteiger partial charge in [0.15, 0.2) is 0 Å². The number of hydrogen-bond donors (Lipinski definition) is 2. The van der Waals surface area contributed by atoms with Crippen molar-refractivity contribution >= 4 is 0 Å². The predicted molar refractivity (Wildman–Crippen MR) is 98.7 cm³/mol. The lowest BCUT2D eigenvalue weighted by atomic mass is 9.80. The highest BCUT2D eigenvalue weighted by Crippen LogP contribution is 2.29. The summed E-state index contributed by atoms with van der Waals surface area (Å²) in [4.78, 5) is 2.57. The van der Waals surface area contributed by atoms with E-state index in [9.17, 15) is 5.11 Å². The third kappa shape index (κ3) is 6.36. The molecule has 0 aromatic heterocycles. The number of aliphatic hydroxyl groups is 1. The van der Waals surface area contributed by atoms with Gasteiger partial charge in [0, 0.05) is 19.1 Å². The van der Waals surface area contributed by atoms with Crippen LogP contribution in [0.2, 0.25) is 0 Å². The van der Waals surface area contributed by atoms with Crippen LogP contribution in [0.3, 0.4) is 0 Å². The van der Waals surface area contributed by atoms with Crippen molar-refractivity contribution in [2.45, 2.75) is 84.8 Å². The summed E-state index contributed by atoms with van der Waals surface area (Å²) in [6, 6.07) is 0.614. The maximum absolute atomic E-state index is 10.5. The van der Waals surface area contributed by atoms with Gasteiger partial charge >= 0.3 is 0 Å². The predicted octanol–water partition coefficient (Wildman–Crippen LogP) is 3.66. The van der Waals surface area contributed by atoms with E-state index in [1.54, 1.807) is 0 Å². The Labute approximate surface area is 144 Å². The van der Waals surface area contributed by atoms with Gasteiger partial charge in [-0.15, -0.1) is 0 Å². The molecule has 0 amide bonds.